The monoisotopic (exact) mass is 512 g/mol. The van der Waals surface area contributed by atoms with Crippen molar-refractivity contribution in [3.63, 3.8) is 0 Å². The smallest absolute Gasteiger partial charge is 0.430 e. The van der Waals surface area contributed by atoms with E-state index in [-0.39, 0.29) is 40.2 Å². The molecule has 192 valence electrons. The summed E-state index contributed by atoms with van der Waals surface area (Å²) in [6.45, 7) is 11.7. The fourth-order valence-electron chi connectivity index (χ4n) is 3.36. The van der Waals surface area contributed by atoms with Gasteiger partial charge in [0.2, 0.25) is 5.82 Å². The highest BCUT2D eigenvalue weighted by atomic mass is 32.2. The molecule has 0 spiro atoms. The third-order valence-electron chi connectivity index (χ3n) is 5.25. The Balaban J connectivity index is 2.19. The highest BCUT2D eigenvalue weighted by molar-refractivity contribution is 7.93. The number of aromatic nitrogens is 3. The number of ether oxygens (including phenoxy) is 2. The van der Waals surface area contributed by atoms with E-state index in [4.69, 9.17) is 9.47 Å². The number of rotatable bonds is 7. The second-order valence-corrected chi connectivity index (χ2v) is 11.5. The number of pyridine rings is 1. The number of hydrogen-bond donors (Lipinski definition) is 0. The first-order chi connectivity index (χ1) is 16.9. The predicted molar refractivity (Wildman–Crippen MR) is 138 cm³/mol. The summed E-state index contributed by atoms with van der Waals surface area (Å²) >= 11 is 0. The van der Waals surface area contributed by atoms with Crippen LogP contribution in [0.3, 0.4) is 0 Å². The molecule has 10 heteroatoms. The summed E-state index contributed by atoms with van der Waals surface area (Å²) in [5, 5.41) is 0. The van der Waals surface area contributed by atoms with Gasteiger partial charge in [-0.2, -0.15) is 0 Å². The van der Waals surface area contributed by atoms with Crippen molar-refractivity contribution < 1.29 is 22.7 Å². The van der Waals surface area contributed by atoms with Gasteiger partial charge < -0.3 is 9.47 Å². The molecule has 2 aromatic heterocycles. The summed E-state index contributed by atoms with van der Waals surface area (Å²) in [5.74, 6) is -0.436. The van der Waals surface area contributed by atoms with Gasteiger partial charge in [0, 0.05) is 11.8 Å². The zero-order valence-corrected chi connectivity index (χ0v) is 22.5. The molecule has 1 aromatic carbocycles. The van der Waals surface area contributed by atoms with Crippen molar-refractivity contribution in [3.8, 4) is 17.1 Å². The highest BCUT2D eigenvalue weighted by Crippen LogP contribution is 2.34. The lowest BCUT2D eigenvalue weighted by atomic mass is 9.86. The zero-order valence-electron chi connectivity index (χ0n) is 21.6. The standard InChI is InChI=1S/C26H32N4O5S/c1-17(2)16-35-25(31)30(23-24(34-7)29-18(3)15-28-23)36(32,33)21-9-8-14-27-22(21)19-10-12-20(13-11-19)26(4,5)6/h8-15,17H,16H2,1-7H3. The van der Waals surface area contributed by atoms with Crippen LogP contribution >= 0.6 is 0 Å². The molecule has 0 aliphatic carbocycles. The summed E-state index contributed by atoms with van der Waals surface area (Å²) in [6, 6.07) is 10.4. The number of benzene rings is 1. The predicted octanol–water partition coefficient (Wildman–Crippen LogP) is 5.14. The minimum atomic E-state index is -4.55. The average Bonchev–Trinajstić information content (AvgIpc) is 2.83. The molecule has 3 rings (SSSR count). The van der Waals surface area contributed by atoms with Crippen LogP contribution in [0.4, 0.5) is 10.6 Å². The fraction of sp³-hybridized carbons (Fsp3) is 0.385. The van der Waals surface area contributed by atoms with Crippen molar-refractivity contribution >= 4 is 21.9 Å². The molecule has 0 radical (unpaired) electrons. The van der Waals surface area contributed by atoms with Crippen LogP contribution in [0.15, 0.2) is 53.7 Å². The maximum Gasteiger partial charge on any atom is 0.430 e. The summed E-state index contributed by atoms with van der Waals surface area (Å²) < 4.78 is 39.2. The number of anilines is 1. The van der Waals surface area contributed by atoms with Gasteiger partial charge in [0.1, 0.15) is 4.90 Å². The van der Waals surface area contributed by atoms with Crippen molar-refractivity contribution in [3.05, 3.63) is 60.0 Å². The molecule has 2 heterocycles. The molecule has 0 unspecified atom stereocenters. The maximum atomic E-state index is 14.1. The van der Waals surface area contributed by atoms with Gasteiger partial charge in [-0.15, -0.1) is 4.31 Å². The van der Waals surface area contributed by atoms with E-state index in [0.29, 0.717) is 15.6 Å². The number of hydrogen-bond acceptors (Lipinski definition) is 8. The molecule has 0 atom stereocenters. The van der Waals surface area contributed by atoms with Gasteiger partial charge in [-0.05, 0) is 36.0 Å². The quantitative estimate of drug-likeness (QED) is 0.428. The Labute approximate surface area is 212 Å². The molecule has 0 fully saturated rings. The number of methoxy groups -OCH3 is 1. The number of sulfonamides is 1. The molecule has 0 bridgehead atoms. The molecule has 0 aliphatic rings. The van der Waals surface area contributed by atoms with E-state index in [0.717, 1.165) is 5.56 Å². The largest absolute Gasteiger partial charge is 0.478 e. The number of nitrogens with zero attached hydrogens (tertiary/aromatic N) is 4. The molecular formula is C26H32N4O5S. The Bertz CT molecular complexity index is 1330. The van der Waals surface area contributed by atoms with Crippen LogP contribution in [-0.2, 0) is 20.2 Å². The maximum absolute atomic E-state index is 14.1. The molecule has 0 saturated carbocycles. The summed E-state index contributed by atoms with van der Waals surface area (Å²) in [4.78, 5) is 25.7. The number of aryl methyl sites for hydroxylation is 1. The van der Waals surface area contributed by atoms with E-state index >= 15 is 0 Å². The number of amides is 1. The second kappa shape index (κ2) is 10.6. The Morgan fingerprint density at radius 2 is 1.75 bits per heavy atom. The average molecular weight is 513 g/mol. The van der Waals surface area contributed by atoms with Crippen molar-refractivity contribution in [2.75, 3.05) is 18.0 Å². The molecule has 3 aromatic rings. The highest BCUT2D eigenvalue weighted by Gasteiger charge is 2.38. The van der Waals surface area contributed by atoms with E-state index < -0.39 is 16.1 Å². The van der Waals surface area contributed by atoms with Gasteiger partial charge in [-0.1, -0.05) is 58.9 Å². The first-order valence-corrected chi connectivity index (χ1v) is 13.0. The molecule has 36 heavy (non-hydrogen) atoms. The topological polar surface area (TPSA) is 112 Å². The van der Waals surface area contributed by atoms with Crippen molar-refractivity contribution in [1.82, 2.24) is 15.0 Å². The lowest BCUT2D eigenvalue weighted by molar-refractivity contribution is 0.143. The van der Waals surface area contributed by atoms with Crippen molar-refractivity contribution in [2.45, 2.75) is 51.9 Å². The van der Waals surface area contributed by atoms with Crippen LogP contribution < -0.4 is 9.04 Å². The van der Waals surface area contributed by atoms with Crippen LogP contribution in [0.25, 0.3) is 11.3 Å². The van der Waals surface area contributed by atoms with Gasteiger partial charge in [-0.3, -0.25) is 4.98 Å². The normalized spacial score (nSPS) is 11.9. The van der Waals surface area contributed by atoms with E-state index in [1.807, 2.05) is 38.1 Å². The molecule has 0 aliphatic heterocycles. The lowest BCUT2D eigenvalue weighted by Crippen LogP contribution is -2.39. The van der Waals surface area contributed by atoms with E-state index in [2.05, 4.69) is 35.7 Å². The first-order valence-electron chi connectivity index (χ1n) is 11.5. The summed E-state index contributed by atoms with van der Waals surface area (Å²) in [5.41, 5.74) is 2.28. The number of carbonyl (C=O) groups excluding carboxylic acids is 1. The van der Waals surface area contributed by atoms with Crippen LogP contribution in [-0.4, -0.2) is 43.2 Å². The van der Waals surface area contributed by atoms with Gasteiger partial charge in [-0.25, -0.2) is 23.2 Å². The summed E-state index contributed by atoms with van der Waals surface area (Å²) in [6.07, 6.45) is 1.74. The Kier molecular flexibility index (Phi) is 7.98. The minimum Gasteiger partial charge on any atom is -0.478 e. The van der Waals surface area contributed by atoms with Gasteiger partial charge in [0.25, 0.3) is 15.9 Å². The van der Waals surface area contributed by atoms with Crippen LogP contribution in [0.2, 0.25) is 0 Å². The second-order valence-electron chi connectivity index (χ2n) is 9.76. The molecule has 0 N–H and O–H groups in total. The van der Waals surface area contributed by atoms with Crippen LogP contribution in [0.1, 0.15) is 45.9 Å². The zero-order chi connectivity index (χ0) is 26.7. The molecule has 9 nitrogen and oxygen atoms in total. The third-order valence-corrected chi connectivity index (χ3v) is 6.94. The van der Waals surface area contributed by atoms with E-state index in [9.17, 15) is 13.2 Å². The van der Waals surface area contributed by atoms with Crippen LogP contribution in [0.5, 0.6) is 5.88 Å². The first kappa shape index (κ1) is 27.1. The minimum absolute atomic E-state index is 0.0141. The van der Waals surface area contributed by atoms with Crippen LogP contribution in [0, 0.1) is 12.8 Å². The van der Waals surface area contributed by atoms with Crippen molar-refractivity contribution in [2.24, 2.45) is 5.92 Å². The molecule has 1 amide bonds. The summed E-state index contributed by atoms with van der Waals surface area (Å²) in [7, 11) is -3.23. The molecular weight excluding hydrogens is 480 g/mol. The van der Waals surface area contributed by atoms with E-state index in [1.54, 1.807) is 6.92 Å². The number of carbonyl (C=O) groups is 1. The van der Waals surface area contributed by atoms with E-state index in [1.165, 1.54) is 31.6 Å². The third kappa shape index (κ3) is 5.81. The Morgan fingerprint density at radius 1 is 1.08 bits per heavy atom. The Morgan fingerprint density at radius 3 is 2.33 bits per heavy atom. The van der Waals surface area contributed by atoms with Gasteiger partial charge in [0.05, 0.1) is 31.3 Å². The molecule has 0 saturated heterocycles. The lowest BCUT2D eigenvalue weighted by Gasteiger charge is -2.23. The van der Waals surface area contributed by atoms with Gasteiger partial charge in [0.15, 0.2) is 0 Å². The SMILES string of the molecule is COc1nc(C)cnc1N(C(=O)OCC(C)C)S(=O)(=O)c1cccnc1-c1ccc(C(C)(C)C)cc1. The fourth-order valence-corrected chi connectivity index (χ4v) is 4.83. The van der Waals surface area contributed by atoms with Gasteiger partial charge >= 0.3 is 6.09 Å². The Hall–Kier alpha value is -3.53. The van der Waals surface area contributed by atoms with Crippen molar-refractivity contribution in [1.29, 1.82) is 0 Å².